The average molecular weight is 597 g/mol. The van der Waals surface area contributed by atoms with Crippen LogP contribution in [0.3, 0.4) is 0 Å². The molecule has 0 aliphatic heterocycles. The molecule has 0 aliphatic rings. The highest BCUT2D eigenvalue weighted by Gasteiger charge is 2.14. The summed E-state index contributed by atoms with van der Waals surface area (Å²) in [4.78, 5) is 30.0. The first-order chi connectivity index (χ1) is 20.5. The largest absolute Gasteiger partial charge is 0.554 e. The molecule has 0 saturated carbocycles. The maximum atomic E-state index is 12.7. The van der Waals surface area contributed by atoms with Crippen molar-refractivity contribution in [2.45, 2.75) is 39.2 Å². The SMILES string of the molecule is Cc1cc(Nc2nccn3c(-c4ccc(OC(F)F)cc4)cnc23)ccc1C(=O)NCCCCCC[N+](C)(C)C.O=C[O-]. The minimum absolute atomic E-state index is 0.0708. The van der Waals surface area contributed by atoms with Crippen LogP contribution in [0.2, 0.25) is 0 Å². The van der Waals surface area contributed by atoms with Crippen LogP contribution in [0.1, 0.15) is 41.6 Å². The Hall–Kier alpha value is -4.58. The fourth-order valence-electron chi connectivity index (χ4n) is 4.52. The molecule has 43 heavy (non-hydrogen) atoms. The monoisotopic (exact) mass is 596 g/mol. The summed E-state index contributed by atoms with van der Waals surface area (Å²) in [6, 6.07) is 12.0. The van der Waals surface area contributed by atoms with Gasteiger partial charge in [0.05, 0.1) is 39.6 Å². The summed E-state index contributed by atoms with van der Waals surface area (Å²) in [6.45, 7) is 0.366. The Balaban J connectivity index is 0.00000162. The first-order valence-electron chi connectivity index (χ1n) is 13.9. The van der Waals surface area contributed by atoms with Crippen LogP contribution in [0.4, 0.5) is 20.3 Å². The van der Waals surface area contributed by atoms with E-state index in [1.54, 1.807) is 30.7 Å². The van der Waals surface area contributed by atoms with Crippen LogP contribution in [0.25, 0.3) is 16.9 Å². The smallest absolute Gasteiger partial charge is 0.387 e. The van der Waals surface area contributed by atoms with E-state index in [1.807, 2.05) is 29.5 Å². The fraction of sp³-hybridized carbons (Fsp3) is 0.355. The Bertz CT molecular complexity index is 1490. The fourth-order valence-corrected chi connectivity index (χ4v) is 4.52. The summed E-state index contributed by atoms with van der Waals surface area (Å²) in [5.74, 6) is 0.571. The number of aryl methyl sites for hydroxylation is 1. The number of unbranched alkanes of at least 4 members (excludes halogenated alkanes) is 3. The van der Waals surface area contributed by atoms with E-state index in [0.717, 1.165) is 46.4 Å². The normalized spacial score (nSPS) is 11.1. The Morgan fingerprint density at radius 2 is 1.77 bits per heavy atom. The van der Waals surface area contributed by atoms with E-state index in [0.29, 0.717) is 23.6 Å². The molecule has 0 bridgehead atoms. The number of carboxylic acid groups (broad SMARTS) is 1. The topological polar surface area (TPSA) is 121 Å². The van der Waals surface area contributed by atoms with Gasteiger partial charge in [-0.1, -0.05) is 6.42 Å². The number of anilines is 2. The van der Waals surface area contributed by atoms with Crippen molar-refractivity contribution < 1.29 is 32.7 Å². The Labute approximate surface area is 249 Å². The molecule has 2 aromatic heterocycles. The molecule has 12 heteroatoms. The predicted octanol–water partition coefficient (Wildman–Crippen LogP) is 4.41. The Morgan fingerprint density at radius 3 is 2.42 bits per heavy atom. The number of benzene rings is 2. The number of aromatic nitrogens is 3. The number of nitrogens with one attached hydrogen (secondary N) is 2. The summed E-state index contributed by atoms with van der Waals surface area (Å²) < 4.78 is 32.2. The second-order valence-corrected chi connectivity index (χ2v) is 11.0. The zero-order chi connectivity index (χ0) is 31.4. The number of hydrogen-bond donors (Lipinski definition) is 2. The molecule has 0 unspecified atom stereocenters. The lowest BCUT2D eigenvalue weighted by Crippen LogP contribution is -2.35. The van der Waals surface area contributed by atoms with Gasteiger partial charge < -0.3 is 29.8 Å². The second kappa shape index (κ2) is 15.6. The minimum Gasteiger partial charge on any atom is -0.554 e. The molecule has 4 aromatic rings. The van der Waals surface area contributed by atoms with Gasteiger partial charge in [0.15, 0.2) is 11.5 Å². The van der Waals surface area contributed by atoms with Crippen molar-refractivity contribution in [2.75, 3.05) is 39.5 Å². The third-order valence-electron chi connectivity index (χ3n) is 6.58. The number of amides is 1. The van der Waals surface area contributed by atoms with E-state index in [1.165, 1.54) is 25.0 Å². The van der Waals surface area contributed by atoms with Crippen molar-refractivity contribution in [3.05, 3.63) is 72.2 Å². The molecule has 2 heterocycles. The van der Waals surface area contributed by atoms with Crippen LogP contribution in [0.15, 0.2) is 61.1 Å². The zero-order valence-electron chi connectivity index (χ0n) is 24.8. The van der Waals surface area contributed by atoms with Crippen LogP contribution in [0, 0.1) is 6.92 Å². The molecule has 0 fully saturated rings. The van der Waals surface area contributed by atoms with Crippen LogP contribution in [-0.4, -0.2) is 72.1 Å². The number of quaternary nitrogens is 1. The molecule has 2 N–H and O–H groups in total. The molecule has 10 nitrogen and oxygen atoms in total. The van der Waals surface area contributed by atoms with Crippen LogP contribution in [-0.2, 0) is 4.79 Å². The number of alkyl halides is 2. The van der Waals surface area contributed by atoms with Crippen molar-refractivity contribution in [3.63, 3.8) is 0 Å². The van der Waals surface area contributed by atoms with Crippen LogP contribution < -0.4 is 20.5 Å². The van der Waals surface area contributed by atoms with Gasteiger partial charge in [-0.3, -0.25) is 9.20 Å². The van der Waals surface area contributed by atoms with Crippen molar-refractivity contribution in [2.24, 2.45) is 0 Å². The van der Waals surface area contributed by atoms with E-state index in [2.05, 4.69) is 46.5 Å². The number of halogens is 2. The lowest BCUT2D eigenvalue weighted by molar-refractivity contribution is -0.870. The number of rotatable bonds is 13. The molecule has 230 valence electrons. The minimum atomic E-state index is -2.87. The quantitative estimate of drug-likeness (QED) is 0.133. The molecule has 4 rings (SSSR count). The maximum Gasteiger partial charge on any atom is 0.387 e. The van der Waals surface area contributed by atoms with Crippen LogP contribution >= 0.6 is 0 Å². The van der Waals surface area contributed by atoms with Gasteiger partial charge in [0.1, 0.15) is 5.75 Å². The highest BCUT2D eigenvalue weighted by molar-refractivity contribution is 5.96. The molecule has 0 atom stereocenters. The van der Waals surface area contributed by atoms with Gasteiger partial charge in [-0.2, -0.15) is 8.78 Å². The number of carbonyl (C=O) groups is 2. The van der Waals surface area contributed by atoms with E-state index in [-0.39, 0.29) is 11.7 Å². The number of hydrogen-bond acceptors (Lipinski definition) is 7. The van der Waals surface area contributed by atoms with Gasteiger partial charge in [0.25, 0.3) is 5.91 Å². The van der Waals surface area contributed by atoms with Crippen molar-refractivity contribution in [1.82, 2.24) is 19.7 Å². The van der Waals surface area contributed by atoms with E-state index >= 15 is 0 Å². The van der Waals surface area contributed by atoms with Gasteiger partial charge in [-0.15, -0.1) is 0 Å². The third kappa shape index (κ3) is 10.0. The molecule has 0 saturated heterocycles. The average Bonchev–Trinajstić information content (AvgIpc) is 3.38. The van der Waals surface area contributed by atoms with Crippen molar-refractivity contribution in [3.8, 4) is 17.0 Å². The van der Waals surface area contributed by atoms with Crippen molar-refractivity contribution in [1.29, 1.82) is 0 Å². The lowest BCUT2D eigenvalue weighted by atomic mass is 10.1. The Morgan fingerprint density at radius 1 is 1.07 bits per heavy atom. The number of carbonyl (C=O) groups excluding carboxylic acids is 2. The summed E-state index contributed by atoms with van der Waals surface area (Å²) in [5, 5.41) is 14.6. The predicted molar refractivity (Wildman–Crippen MR) is 159 cm³/mol. The summed E-state index contributed by atoms with van der Waals surface area (Å²) in [7, 11) is 6.61. The van der Waals surface area contributed by atoms with Gasteiger partial charge in [-0.05, 0) is 74.2 Å². The molecular formula is C31H38F2N6O4. The maximum absolute atomic E-state index is 12.7. The first kappa shape index (κ1) is 32.9. The van der Waals surface area contributed by atoms with Gasteiger partial charge in [0, 0.05) is 42.2 Å². The number of ether oxygens (including phenoxy) is 1. The second-order valence-electron chi connectivity index (χ2n) is 11.0. The Kier molecular flexibility index (Phi) is 11.9. The standard InChI is InChI=1S/C30H36F2N6O2.CH2O2/c1-21-19-23(11-14-25(21)29(39)34-15-7-5-6-8-18-38(2,3)4)36-27-28-35-20-26(37(28)17-16-33-27)22-9-12-24(13-10-22)40-30(31)32;2-1-3/h9-14,16-17,19-20,30H,5-8,15,18H2,1-4H3,(H-,33,34,36,39);1H,(H,2,3). The molecule has 1 amide bonds. The van der Waals surface area contributed by atoms with E-state index in [4.69, 9.17) is 9.90 Å². The lowest BCUT2D eigenvalue weighted by Gasteiger charge is -2.23. The first-order valence-corrected chi connectivity index (χ1v) is 13.9. The van der Waals surface area contributed by atoms with Gasteiger partial charge in [0.2, 0.25) is 0 Å². The molecule has 0 aliphatic carbocycles. The highest BCUT2D eigenvalue weighted by Crippen LogP contribution is 2.27. The van der Waals surface area contributed by atoms with Gasteiger partial charge >= 0.3 is 6.61 Å². The number of fused-ring (bicyclic) bond motifs is 1. The van der Waals surface area contributed by atoms with Crippen LogP contribution in [0.5, 0.6) is 5.75 Å². The number of nitrogens with zero attached hydrogens (tertiary/aromatic N) is 4. The van der Waals surface area contributed by atoms with Gasteiger partial charge in [-0.25, -0.2) is 9.97 Å². The summed E-state index contributed by atoms with van der Waals surface area (Å²) in [5.41, 5.74) is 4.45. The number of imidazole rings is 1. The molecular weight excluding hydrogens is 558 g/mol. The van der Waals surface area contributed by atoms with E-state index < -0.39 is 13.1 Å². The zero-order valence-corrected chi connectivity index (χ0v) is 24.8. The van der Waals surface area contributed by atoms with E-state index in [9.17, 15) is 13.6 Å². The van der Waals surface area contributed by atoms with Crippen molar-refractivity contribution >= 4 is 29.5 Å². The molecule has 0 radical (unpaired) electrons. The summed E-state index contributed by atoms with van der Waals surface area (Å²) >= 11 is 0. The summed E-state index contributed by atoms with van der Waals surface area (Å²) in [6.07, 6.45) is 9.59. The molecule has 2 aromatic carbocycles. The third-order valence-corrected chi connectivity index (χ3v) is 6.58. The molecule has 0 spiro atoms. The highest BCUT2D eigenvalue weighted by atomic mass is 19.3.